The van der Waals surface area contributed by atoms with Gasteiger partial charge in [-0.25, -0.2) is 9.48 Å². The molecule has 2 aromatic carbocycles. The number of nitrogens with one attached hydrogen (secondary N) is 1. The van der Waals surface area contributed by atoms with Gasteiger partial charge < -0.3 is 30.5 Å². The summed E-state index contributed by atoms with van der Waals surface area (Å²) in [5.74, 6) is -3.80. The molecule has 1 aliphatic rings. The molecule has 228 valence electrons. The van der Waals surface area contributed by atoms with Crippen LogP contribution in [0.5, 0.6) is 0 Å². The van der Waals surface area contributed by atoms with Crippen LogP contribution in [0.25, 0.3) is 0 Å². The molecule has 5 N–H and O–H groups in total. The molecule has 1 saturated heterocycles. The van der Waals surface area contributed by atoms with Crippen LogP contribution in [-0.4, -0.2) is 108 Å². The molecule has 0 spiro atoms. The standard InChI is InChI=1S/C29H33N5O9/c35-23(28(39)40)10-12-30-25(29(41)42)24(16-33-13-11-22(33)27(37)38)43-17-21-15-34(32-31-21)14-18-6-8-20(9-7-18)26(36)19-4-2-1-3-5-19/h1-9,15,22-25,30,35H,10-14,16-17H2,(H,37,38)(H,39,40)(H,41,42)/t22-,23-,24+,25-/m0/s1. The third kappa shape index (κ3) is 8.51. The third-order valence-electron chi connectivity index (χ3n) is 7.16. The largest absolute Gasteiger partial charge is 0.480 e. The Labute approximate surface area is 246 Å². The van der Waals surface area contributed by atoms with Crippen molar-refractivity contribution in [3.8, 4) is 0 Å². The van der Waals surface area contributed by atoms with Crippen LogP contribution in [0, 0.1) is 0 Å². The predicted octanol–water partition coefficient (Wildman–Crippen LogP) is 0.480. The topological polar surface area (TPSA) is 204 Å². The summed E-state index contributed by atoms with van der Waals surface area (Å²) in [4.78, 5) is 48.7. The number of hydrogen-bond donors (Lipinski definition) is 5. The fraction of sp³-hybridized carbons (Fsp3) is 0.379. The Morgan fingerprint density at radius 1 is 0.977 bits per heavy atom. The molecule has 1 aromatic heterocycles. The number of aromatic nitrogens is 3. The molecule has 0 radical (unpaired) electrons. The van der Waals surface area contributed by atoms with Gasteiger partial charge in [-0.15, -0.1) is 5.10 Å². The van der Waals surface area contributed by atoms with Gasteiger partial charge in [0.1, 0.15) is 17.8 Å². The van der Waals surface area contributed by atoms with Gasteiger partial charge in [0.2, 0.25) is 0 Å². The van der Waals surface area contributed by atoms with Gasteiger partial charge in [0.15, 0.2) is 11.9 Å². The fourth-order valence-electron chi connectivity index (χ4n) is 4.68. The highest BCUT2D eigenvalue weighted by Crippen LogP contribution is 2.20. The second-order valence-electron chi connectivity index (χ2n) is 10.2. The summed E-state index contributed by atoms with van der Waals surface area (Å²) in [5, 5.41) is 48.6. The number of aliphatic hydroxyl groups excluding tert-OH is 1. The smallest absolute Gasteiger partial charge is 0.332 e. The monoisotopic (exact) mass is 595 g/mol. The maximum absolute atomic E-state index is 12.6. The second kappa shape index (κ2) is 14.6. The quantitative estimate of drug-likeness (QED) is 0.135. The molecule has 0 aliphatic carbocycles. The van der Waals surface area contributed by atoms with Crippen LogP contribution < -0.4 is 5.32 Å². The molecule has 4 rings (SSSR count). The van der Waals surface area contributed by atoms with E-state index in [4.69, 9.17) is 9.84 Å². The molecule has 0 amide bonds. The third-order valence-corrected chi connectivity index (χ3v) is 7.16. The molecule has 43 heavy (non-hydrogen) atoms. The maximum Gasteiger partial charge on any atom is 0.332 e. The Kier molecular flexibility index (Phi) is 10.7. The normalized spacial score (nSPS) is 17.0. The van der Waals surface area contributed by atoms with E-state index in [1.165, 1.54) is 0 Å². The van der Waals surface area contributed by atoms with Crippen molar-refractivity contribution in [1.82, 2.24) is 25.2 Å². The lowest BCUT2D eigenvalue weighted by atomic mass is 10.0. The molecule has 0 saturated carbocycles. The molecule has 1 fully saturated rings. The number of rotatable bonds is 17. The average molecular weight is 596 g/mol. The first-order valence-corrected chi connectivity index (χ1v) is 13.7. The van der Waals surface area contributed by atoms with E-state index in [1.807, 2.05) is 18.2 Å². The van der Waals surface area contributed by atoms with Crippen LogP contribution in [-0.2, 0) is 32.3 Å². The van der Waals surface area contributed by atoms with E-state index >= 15 is 0 Å². The minimum absolute atomic E-state index is 0.00932. The summed E-state index contributed by atoms with van der Waals surface area (Å²) >= 11 is 0. The molecule has 0 bridgehead atoms. The van der Waals surface area contributed by atoms with Crippen LogP contribution in [0.3, 0.4) is 0 Å². The SMILES string of the molecule is O=C(c1ccccc1)c1ccc(Cn2cc(CO[C@H](CN3CC[C@H]3C(=O)O)[C@H](NCC[C@H](O)C(=O)O)C(=O)O)nn2)cc1. The van der Waals surface area contributed by atoms with Crippen molar-refractivity contribution in [3.63, 3.8) is 0 Å². The summed E-state index contributed by atoms with van der Waals surface area (Å²) in [7, 11) is 0. The first-order chi connectivity index (χ1) is 20.6. The van der Waals surface area contributed by atoms with Crippen molar-refractivity contribution >= 4 is 23.7 Å². The van der Waals surface area contributed by atoms with Crippen LogP contribution in [0.2, 0.25) is 0 Å². The Balaban J connectivity index is 1.38. The van der Waals surface area contributed by atoms with Gasteiger partial charge in [0.05, 0.1) is 25.5 Å². The van der Waals surface area contributed by atoms with E-state index in [0.717, 1.165) is 5.56 Å². The van der Waals surface area contributed by atoms with E-state index in [-0.39, 0.29) is 31.9 Å². The average Bonchev–Trinajstić information content (AvgIpc) is 3.42. The van der Waals surface area contributed by atoms with E-state index in [1.54, 1.807) is 52.2 Å². The Hall–Kier alpha value is -4.50. The minimum atomic E-state index is -1.66. The number of carbonyl (C=O) groups is 4. The second-order valence-corrected chi connectivity index (χ2v) is 10.2. The van der Waals surface area contributed by atoms with Crippen LogP contribution in [0.4, 0.5) is 0 Å². The number of nitrogens with zero attached hydrogens (tertiary/aromatic N) is 4. The lowest BCUT2D eigenvalue weighted by Crippen LogP contribution is -2.59. The maximum atomic E-state index is 12.6. The number of aliphatic carboxylic acids is 3. The number of carboxylic acids is 3. The molecule has 4 atom stereocenters. The Morgan fingerprint density at radius 2 is 1.67 bits per heavy atom. The molecule has 3 aromatic rings. The van der Waals surface area contributed by atoms with Gasteiger partial charge in [0.25, 0.3) is 0 Å². The van der Waals surface area contributed by atoms with E-state index in [2.05, 4.69) is 15.6 Å². The van der Waals surface area contributed by atoms with Gasteiger partial charge >= 0.3 is 17.9 Å². The highest BCUT2D eigenvalue weighted by atomic mass is 16.5. The van der Waals surface area contributed by atoms with Gasteiger partial charge in [-0.05, 0) is 24.9 Å². The van der Waals surface area contributed by atoms with Gasteiger partial charge in [0, 0.05) is 24.2 Å². The summed E-state index contributed by atoms with van der Waals surface area (Å²) in [6.07, 6.45) is -0.863. The van der Waals surface area contributed by atoms with Crippen molar-refractivity contribution in [2.24, 2.45) is 0 Å². The molecular weight excluding hydrogens is 562 g/mol. The summed E-state index contributed by atoms with van der Waals surface area (Å²) < 4.78 is 7.50. The first-order valence-electron chi connectivity index (χ1n) is 13.7. The summed E-state index contributed by atoms with van der Waals surface area (Å²) in [5.41, 5.74) is 2.43. The zero-order valence-electron chi connectivity index (χ0n) is 23.2. The minimum Gasteiger partial charge on any atom is -0.480 e. The van der Waals surface area contributed by atoms with Crippen molar-refractivity contribution in [1.29, 1.82) is 0 Å². The van der Waals surface area contributed by atoms with Crippen molar-refractivity contribution < 1.29 is 44.3 Å². The summed E-state index contributed by atoms with van der Waals surface area (Å²) in [6, 6.07) is 14.0. The van der Waals surface area contributed by atoms with Gasteiger partial charge in [-0.3, -0.25) is 19.3 Å². The van der Waals surface area contributed by atoms with Gasteiger partial charge in [-0.2, -0.15) is 0 Å². The van der Waals surface area contributed by atoms with E-state index in [0.29, 0.717) is 36.3 Å². The lowest BCUT2D eigenvalue weighted by molar-refractivity contribution is -0.152. The Bertz CT molecular complexity index is 1410. The zero-order valence-corrected chi connectivity index (χ0v) is 23.2. The Morgan fingerprint density at radius 3 is 2.28 bits per heavy atom. The first kappa shape index (κ1) is 31.4. The summed E-state index contributed by atoms with van der Waals surface area (Å²) in [6.45, 7) is 0.551. The molecule has 2 heterocycles. The molecule has 14 heteroatoms. The zero-order chi connectivity index (χ0) is 30.9. The van der Waals surface area contributed by atoms with Crippen molar-refractivity contribution in [2.75, 3.05) is 19.6 Å². The predicted molar refractivity (Wildman–Crippen MR) is 149 cm³/mol. The highest BCUT2D eigenvalue weighted by Gasteiger charge is 2.39. The van der Waals surface area contributed by atoms with Gasteiger partial charge in [-0.1, -0.05) is 59.8 Å². The number of ketones is 1. The number of benzene rings is 2. The number of hydrogen-bond acceptors (Lipinski definition) is 10. The molecule has 0 unspecified atom stereocenters. The van der Waals surface area contributed by atoms with Crippen molar-refractivity contribution in [3.05, 3.63) is 83.2 Å². The van der Waals surface area contributed by atoms with Crippen LogP contribution in [0.15, 0.2) is 60.8 Å². The van der Waals surface area contributed by atoms with Crippen molar-refractivity contribution in [2.45, 2.75) is 50.3 Å². The van der Waals surface area contributed by atoms with Crippen LogP contribution in [0.1, 0.15) is 40.0 Å². The number of carbonyl (C=O) groups excluding carboxylic acids is 1. The molecule has 1 aliphatic heterocycles. The van der Waals surface area contributed by atoms with Crippen LogP contribution >= 0.6 is 0 Å². The molecule has 14 nitrogen and oxygen atoms in total. The van der Waals surface area contributed by atoms with E-state index < -0.39 is 42.2 Å². The molecular formula is C29H33N5O9. The number of carboxylic acid groups (broad SMARTS) is 3. The van der Waals surface area contributed by atoms with E-state index in [9.17, 15) is 34.5 Å². The number of aliphatic hydroxyl groups is 1. The number of likely N-dealkylation sites (tertiary alicyclic amines) is 1. The lowest BCUT2D eigenvalue weighted by Gasteiger charge is -2.41. The highest BCUT2D eigenvalue weighted by molar-refractivity contribution is 6.08. The fourth-order valence-corrected chi connectivity index (χ4v) is 4.68. The number of ether oxygens (including phenoxy) is 1.